The lowest BCUT2D eigenvalue weighted by atomic mass is 9.78. The lowest BCUT2D eigenvalue weighted by molar-refractivity contribution is 0.181. The monoisotopic (exact) mass is 254 g/mol. The molecule has 3 atom stereocenters. The summed E-state index contributed by atoms with van der Waals surface area (Å²) in [6.45, 7) is 5.94. The predicted molar refractivity (Wildman–Crippen MR) is 71.5 cm³/mol. The Hall–Kier alpha value is -0.770. The van der Waals surface area contributed by atoms with E-state index in [4.69, 9.17) is 4.74 Å². The van der Waals surface area contributed by atoms with Gasteiger partial charge >= 0.3 is 6.03 Å². The highest BCUT2D eigenvalue weighted by Crippen LogP contribution is 2.30. The van der Waals surface area contributed by atoms with Crippen molar-refractivity contribution < 1.29 is 9.53 Å². The molecule has 3 unspecified atom stereocenters. The van der Waals surface area contributed by atoms with Gasteiger partial charge in [-0.3, -0.25) is 0 Å². The van der Waals surface area contributed by atoms with E-state index in [1.807, 2.05) is 0 Å². The van der Waals surface area contributed by atoms with Crippen LogP contribution in [0.5, 0.6) is 0 Å². The Morgan fingerprint density at radius 1 is 1.17 bits per heavy atom. The highest BCUT2D eigenvalue weighted by atomic mass is 16.5. The Labute approximate surface area is 110 Å². The van der Waals surface area contributed by atoms with E-state index in [0.29, 0.717) is 24.5 Å². The maximum Gasteiger partial charge on any atom is 0.315 e. The number of hydrogen-bond acceptors (Lipinski definition) is 2. The Kier molecular flexibility index (Phi) is 4.87. The van der Waals surface area contributed by atoms with Crippen molar-refractivity contribution in [2.24, 2.45) is 11.8 Å². The minimum atomic E-state index is -0.0111. The summed E-state index contributed by atoms with van der Waals surface area (Å²) in [5.41, 5.74) is 0. The fraction of sp³-hybridized carbons (Fsp3) is 0.929. The van der Waals surface area contributed by atoms with Crippen LogP contribution in [-0.2, 0) is 4.74 Å². The highest BCUT2D eigenvalue weighted by molar-refractivity contribution is 5.74. The summed E-state index contributed by atoms with van der Waals surface area (Å²) in [6.07, 6.45) is 5.85. The van der Waals surface area contributed by atoms with Crippen molar-refractivity contribution in [1.29, 1.82) is 0 Å². The van der Waals surface area contributed by atoms with Crippen LogP contribution >= 0.6 is 0 Å². The first-order chi connectivity index (χ1) is 8.66. The highest BCUT2D eigenvalue weighted by Gasteiger charge is 2.29. The average Bonchev–Trinajstić information content (AvgIpc) is 2.82. The van der Waals surface area contributed by atoms with E-state index in [2.05, 4.69) is 24.5 Å². The molecule has 2 fully saturated rings. The molecule has 4 heteroatoms. The van der Waals surface area contributed by atoms with Crippen molar-refractivity contribution in [3.8, 4) is 0 Å². The Bertz CT molecular complexity index is 275. The van der Waals surface area contributed by atoms with Crippen molar-refractivity contribution in [3.05, 3.63) is 0 Å². The van der Waals surface area contributed by atoms with Crippen LogP contribution in [0.1, 0.15) is 46.0 Å². The summed E-state index contributed by atoms with van der Waals surface area (Å²) in [7, 11) is 0. The number of amides is 2. The minimum Gasteiger partial charge on any atom is -0.379 e. The molecule has 1 saturated heterocycles. The van der Waals surface area contributed by atoms with Crippen LogP contribution in [0.15, 0.2) is 0 Å². The Morgan fingerprint density at radius 2 is 1.94 bits per heavy atom. The van der Waals surface area contributed by atoms with Crippen molar-refractivity contribution in [2.45, 2.75) is 58.0 Å². The molecule has 104 valence electrons. The molecule has 2 amide bonds. The van der Waals surface area contributed by atoms with Gasteiger partial charge in [0.05, 0.1) is 12.6 Å². The van der Waals surface area contributed by atoms with Crippen LogP contribution < -0.4 is 10.6 Å². The van der Waals surface area contributed by atoms with E-state index in [1.165, 1.54) is 19.3 Å². The molecule has 0 spiro atoms. The smallest absolute Gasteiger partial charge is 0.315 e. The first-order valence-corrected chi connectivity index (χ1v) is 7.31. The molecule has 1 aliphatic carbocycles. The molecule has 0 aromatic heterocycles. The molecule has 0 aromatic rings. The topological polar surface area (TPSA) is 50.4 Å². The molecule has 18 heavy (non-hydrogen) atoms. The summed E-state index contributed by atoms with van der Waals surface area (Å²) >= 11 is 0. The zero-order valence-corrected chi connectivity index (χ0v) is 11.6. The van der Waals surface area contributed by atoms with Crippen LogP contribution in [0.4, 0.5) is 4.79 Å². The third kappa shape index (κ3) is 3.61. The van der Waals surface area contributed by atoms with Crippen molar-refractivity contribution in [3.63, 3.8) is 0 Å². The second-order valence-corrected chi connectivity index (χ2v) is 5.98. The number of carbonyl (C=O) groups is 1. The molecular weight excluding hydrogens is 228 g/mol. The summed E-state index contributed by atoms with van der Waals surface area (Å²) in [5.74, 6) is 1.27. The van der Waals surface area contributed by atoms with Crippen LogP contribution in [0.2, 0.25) is 0 Å². The average molecular weight is 254 g/mol. The standard InChI is InChI=1S/C14H26N2O2/c1-10(2)12-5-3-4-6-13(12)16-14(17)15-11-7-8-18-9-11/h10-13H,3-9H2,1-2H3,(H2,15,16,17). The number of nitrogens with one attached hydrogen (secondary N) is 2. The summed E-state index contributed by atoms with van der Waals surface area (Å²) < 4.78 is 5.26. The fourth-order valence-electron chi connectivity index (χ4n) is 3.18. The van der Waals surface area contributed by atoms with Gasteiger partial charge in [-0.25, -0.2) is 4.79 Å². The van der Waals surface area contributed by atoms with Gasteiger partial charge < -0.3 is 15.4 Å². The van der Waals surface area contributed by atoms with Crippen molar-refractivity contribution in [1.82, 2.24) is 10.6 Å². The van der Waals surface area contributed by atoms with E-state index in [0.717, 1.165) is 19.4 Å². The summed E-state index contributed by atoms with van der Waals surface area (Å²) in [6, 6.07) is 0.537. The molecule has 4 nitrogen and oxygen atoms in total. The molecule has 1 saturated carbocycles. The number of urea groups is 1. The van der Waals surface area contributed by atoms with Gasteiger partial charge in [0, 0.05) is 12.6 Å². The van der Waals surface area contributed by atoms with Gasteiger partial charge in [0.2, 0.25) is 0 Å². The van der Waals surface area contributed by atoms with Gasteiger partial charge in [-0.1, -0.05) is 26.7 Å². The fourth-order valence-corrected chi connectivity index (χ4v) is 3.18. The summed E-state index contributed by atoms with van der Waals surface area (Å²) in [4.78, 5) is 12.0. The molecule has 1 aliphatic heterocycles. The van der Waals surface area contributed by atoms with E-state index < -0.39 is 0 Å². The molecule has 2 N–H and O–H groups in total. The van der Waals surface area contributed by atoms with Gasteiger partial charge in [0.25, 0.3) is 0 Å². The lowest BCUT2D eigenvalue weighted by Gasteiger charge is -2.35. The van der Waals surface area contributed by atoms with Crippen molar-refractivity contribution >= 4 is 6.03 Å². The summed E-state index contributed by atoms with van der Waals surface area (Å²) in [5, 5.41) is 6.18. The zero-order chi connectivity index (χ0) is 13.0. The van der Waals surface area contributed by atoms with E-state index in [1.54, 1.807) is 0 Å². The quantitative estimate of drug-likeness (QED) is 0.812. The Morgan fingerprint density at radius 3 is 2.61 bits per heavy atom. The van der Waals surface area contributed by atoms with Gasteiger partial charge in [-0.05, 0) is 31.1 Å². The molecule has 2 aliphatic rings. The van der Waals surface area contributed by atoms with Crippen LogP contribution in [0.25, 0.3) is 0 Å². The maximum absolute atomic E-state index is 12.0. The van der Waals surface area contributed by atoms with Crippen LogP contribution in [0, 0.1) is 11.8 Å². The molecule has 0 radical (unpaired) electrons. The molecule has 0 bridgehead atoms. The normalized spacial score (nSPS) is 32.5. The number of ether oxygens (including phenoxy) is 1. The molecular formula is C14H26N2O2. The second kappa shape index (κ2) is 6.41. The zero-order valence-electron chi connectivity index (χ0n) is 11.6. The first kappa shape index (κ1) is 13.7. The number of hydrogen-bond donors (Lipinski definition) is 2. The molecule has 0 aromatic carbocycles. The number of carbonyl (C=O) groups excluding carboxylic acids is 1. The van der Waals surface area contributed by atoms with Crippen LogP contribution in [0.3, 0.4) is 0 Å². The third-order valence-electron chi connectivity index (χ3n) is 4.26. The van der Waals surface area contributed by atoms with Gasteiger partial charge in [0.15, 0.2) is 0 Å². The van der Waals surface area contributed by atoms with E-state index in [9.17, 15) is 4.79 Å². The first-order valence-electron chi connectivity index (χ1n) is 7.31. The van der Waals surface area contributed by atoms with E-state index in [-0.39, 0.29) is 12.1 Å². The number of rotatable bonds is 3. The lowest BCUT2D eigenvalue weighted by Crippen LogP contribution is -2.50. The Balaban J connectivity index is 1.80. The predicted octanol–water partition coefficient (Wildman–Crippen LogP) is 2.29. The van der Waals surface area contributed by atoms with E-state index >= 15 is 0 Å². The van der Waals surface area contributed by atoms with Gasteiger partial charge in [-0.2, -0.15) is 0 Å². The second-order valence-electron chi connectivity index (χ2n) is 5.98. The van der Waals surface area contributed by atoms with Gasteiger partial charge in [0.1, 0.15) is 0 Å². The molecule has 2 rings (SSSR count). The van der Waals surface area contributed by atoms with Crippen LogP contribution in [-0.4, -0.2) is 31.3 Å². The maximum atomic E-state index is 12.0. The SMILES string of the molecule is CC(C)C1CCCCC1NC(=O)NC1CCOC1. The third-order valence-corrected chi connectivity index (χ3v) is 4.26. The van der Waals surface area contributed by atoms with Crippen molar-refractivity contribution in [2.75, 3.05) is 13.2 Å². The minimum absolute atomic E-state index is 0.0111. The molecule has 1 heterocycles. The van der Waals surface area contributed by atoms with Gasteiger partial charge in [-0.15, -0.1) is 0 Å². The largest absolute Gasteiger partial charge is 0.379 e.